The minimum atomic E-state index is 0. The Balaban J connectivity index is 0.000000490. The molecule has 0 fully saturated rings. The van der Waals surface area contributed by atoms with Crippen LogP contribution in [0.15, 0.2) is 16.5 Å². The van der Waals surface area contributed by atoms with E-state index >= 15 is 0 Å². The third-order valence-corrected chi connectivity index (χ3v) is 1.34. The predicted molar refractivity (Wildman–Crippen MR) is 40.5 cm³/mol. The molecule has 1 aliphatic heterocycles. The van der Waals surface area contributed by atoms with Gasteiger partial charge in [-0.1, -0.05) is 17.8 Å². The molecule has 0 amide bonds. The molecule has 0 saturated heterocycles. The van der Waals surface area contributed by atoms with Gasteiger partial charge in [0.2, 0.25) is 0 Å². The molecule has 8 heavy (non-hydrogen) atoms. The summed E-state index contributed by atoms with van der Waals surface area (Å²) >= 11 is 1.47. The van der Waals surface area contributed by atoms with E-state index in [1.54, 1.807) is 0 Å². The van der Waals surface area contributed by atoms with Gasteiger partial charge in [0.15, 0.2) is 5.17 Å². The fraction of sp³-hybridized carbons (Fsp3) is 0.250. The van der Waals surface area contributed by atoms with Gasteiger partial charge in [0.25, 0.3) is 0 Å². The van der Waals surface area contributed by atoms with E-state index in [0.717, 1.165) is 6.54 Å². The second kappa shape index (κ2) is 3.80. The Hall–Kier alpha value is -0.150. The molecule has 0 spiro atoms. The maximum atomic E-state index is 5.30. The number of amidine groups is 1. The van der Waals surface area contributed by atoms with Crippen molar-refractivity contribution in [1.29, 1.82) is 0 Å². The van der Waals surface area contributed by atoms with Gasteiger partial charge in [-0.25, -0.2) is 0 Å². The van der Waals surface area contributed by atoms with E-state index in [-0.39, 0.29) is 12.4 Å². The van der Waals surface area contributed by atoms with Gasteiger partial charge in [-0.15, -0.1) is 12.4 Å². The van der Waals surface area contributed by atoms with Gasteiger partial charge < -0.3 is 5.73 Å². The van der Waals surface area contributed by atoms with Crippen LogP contribution in [0.3, 0.4) is 0 Å². The van der Waals surface area contributed by atoms with Crippen LogP contribution in [-0.4, -0.2) is 11.7 Å². The number of hydrogen-bond acceptors (Lipinski definition) is 3. The maximum absolute atomic E-state index is 5.30. The van der Waals surface area contributed by atoms with Gasteiger partial charge in [0, 0.05) is 0 Å². The average Bonchev–Trinajstić information content (AvgIpc) is 1.69. The third kappa shape index (κ3) is 2.23. The Bertz CT molecular complexity index is 121. The number of hydrogen-bond donors (Lipinski definition) is 1. The van der Waals surface area contributed by atoms with Crippen molar-refractivity contribution in [2.24, 2.45) is 10.7 Å². The second-order valence-electron chi connectivity index (χ2n) is 1.17. The van der Waals surface area contributed by atoms with E-state index < -0.39 is 0 Å². The van der Waals surface area contributed by atoms with Crippen molar-refractivity contribution in [2.75, 3.05) is 6.54 Å². The fourth-order valence-electron chi connectivity index (χ4n) is 0.341. The molecule has 1 heterocycles. The van der Waals surface area contributed by atoms with Gasteiger partial charge in [0.1, 0.15) is 0 Å². The van der Waals surface area contributed by atoms with Crippen LogP contribution in [0, 0.1) is 0 Å². The average molecular weight is 151 g/mol. The summed E-state index contributed by atoms with van der Waals surface area (Å²) in [5, 5.41) is 2.62. The molecule has 0 radical (unpaired) electrons. The van der Waals surface area contributed by atoms with Crippen LogP contribution in [0.5, 0.6) is 0 Å². The minimum Gasteiger partial charge on any atom is -0.378 e. The van der Waals surface area contributed by atoms with Gasteiger partial charge in [-0.05, 0) is 5.41 Å². The largest absolute Gasteiger partial charge is 0.378 e. The summed E-state index contributed by atoms with van der Waals surface area (Å²) in [6, 6.07) is 0. The van der Waals surface area contributed by atoms with E-state index in [2.05, 4.69) is 4.99 Å². The molecule has 0 unspecified atom stereocenters. The Kier molecular flexibility index (Phi) is 3.73. The molecule has 1 aliphatic rings. The number of aliphatic imine (C=N–C) groups is 1. The molecule has 0 saturated carbocycles. The lowest BCUT2D eigenvalue weighted by molar-refractivity contribution is 1.24. The third-order valence-electron chi connectivity index (χ3n) is 0.638. The van der Waals surface area contributed by atoms with Crippen LogP contribution in [-0.2, 0) is 0 Å². The molecule has 2 nitrogen and oxygen atoms in total. The van der Waals surface area contributed by atoms with Crippen molar-refractivity contribution in [1.82, 2.24) is 0 Å². The zero-order valence-electron chi connectivity index (χ0n) is 4.20. The Morgan fingerprint density at radius 3 is 2.75 bits per heavy atom. The highest BCUT2D eigenvalue weighted by molar-refractivity contribution is 8.16. The van der Waals surface area contributed by atoms with E-state index in [4.69, 9.17) is 5.73 Å². The first kappa shape index (κ1) is 7.85. The maximum Gasteiger partial charge on any atom is 0.158 e. The van der Waals surface area contributed by atoms with E-state index in [0.29, 0.717) is 5.17 Å². The molecule has 2 N–H and O–H groups in total. The quantitative estimate of drug-likeness (QED) is 0.559. The Labute approximate surface area is 58.7 Å². The number of nitrogens with zero attached hydrogens (tertiary/aromatic N) is 1. The fourth-order valence-corrected chi connectivity index (χ4v) is 0.812. The number of halogens is 1. The lowest BCUT2D eigenvalue weighted by Gasteiger charge is -1.96. The van der Waals surface area contributed by atoms with Crippen molar-refractivity contribution in [2.45, 2.75) is 0 Å². The minimum absolute atomic E-state index is 0. The van der Waals surface area contributed by atoms with Gasteiger partial charge >= 0.3 is 0 Å². The van der Waals surface area contributed by atoms with Gasteiger partial charge in [0.05, 0.1) is 6.54 Å². The highest BCUT2D eigenvalue weighted by Gasteiger charge is 1.90. The van der Waals surface area contributed by atoms with Crippen LogP contribution in [0.4, 0.5) is 0 Å². The second-order valence-corrected chi connectivity index (χ2v) is 2.09. The molecule has 0 aliphatic carbocycles. The summed E-state index contributed by atoms with van der Waals surface area (Å²) in [5.41, 5.74) is 5.30. The van der Waals surface area contributed by atoms with Crippen LogP contribution >= 0.6 is 24.2 Å². The monoisotopic (exact) mass is 150 g/mol. The molecule has 0 aromatic heterocycles. The van der Waals surface area contributed by atoms with Crippen molar-refractivity contribution >= 4 is 29.3 Å². The SMILES string of the molecule is Cl.NC1=NCC=CS1. The highest BCUT2D eigenvalue weighted by atomic mass is 35.5. The van der Waals surface area contributed by atoms with E-state index in [1.807, 2.05) is 11.5 Å². The Morgan fingerprint density at radius 1 is 1.75 bits per heavy atom. The molecular weight excluding hydrogens is 144 g/mol. The smallest absolute Gasteiger partial charge is 0.158 e. The standard InChI is InChI=1S/C4H6N2S.ClH/c5-4-6-2-1-3-7-4;/h1,3H,2H2,(H2,5,6);1H. The summed E-state index contributed by atoms with van der Waals surface area (Å²) in [4.78, 5) is 3.90. The summed E-state index contributed by atoms with van der Waals surface area (Å²) < 4.78 is 0. The van der Waals surface area contributed by atoms with E-state index in [1.165, 1.54) is 11.8 Å². The van der Waals surface area contributed by atoms with Crippen molar-refractivity contribution < 1.29 is 0 Å². The van der Waals surface area contributed by atoms with E-state index in [9.17, 15) is 0 Å². The number of thioether (sulfide) groups is 1. The summed E-state index contributed by atoms with van der Waals surface area (Å²) in [6.45, 7) is 0.749. The molecular formula is C4H7ClN2S. The zero-order chi connectivity index (χ0) is 5.11. The van der Waals surface area contributed by atoms with Crippen LogP contribution in [0.2, 0.25) is 0 Å². The van der Waals surface area contributed by atoms with Crippen LogP contribution < -0.4 is 5.73 Å². The molecule has 0 aromatic rings. The van der Waals surface area contributed by atoms with Crippen molar-refractivity contribution in [3.05, 3.63) is 11.5 Å². The van der Waals surface area contributed by atoms with Crippen molar-refractivity contribution in [3.63, 3.8) is 0 Å². The summed E-state index contributed by atoms with van der Waals surface area (Å²) in [6.07, 6.45) is 1.97. The topological polar surface area (TPSA) is 38.4 Å². The van der Waals surface area contributed by atoms with Crippen molar-refractivity contribution in [3.8, 4) is 0 Å². The molecule has 1 rings (SSSR count). The molecule has 4 heteroatoms. The first-order valence-corrected chi connectivity index (χ1v) is 2.89. The number of rotatable bonds is 0. The van der Waals surface area contributed by atoms with Gasteiger partial charge in [-0.2, -0.15) is 0 Å². The van der Waals surface area contributed by atoms with Crippen LogP contribution in [0.1, 0.15) is 0 Å². The lowest BCUT2D eigenvalue weighted by atomic mass is 10.6. The summed E-state index contributed by atoms with van der Waals surface area (Å²) in [5.74, 6) is 0. The molecule has 0 atom stereocenters. The zero-order valence-corrected chi connectivity index (χ0v) is 5.84. The normalized spacial score (nSPS) is 16.8. The first-order valence-electron chi connectivity index (χ1n) is 2.01. The molecule has 0 aromatic carbocycles. The summed E-state index contributed by atoms with van der Waals surface area (Å²) in [7, 11) is 0. The number of nitrogens with two attached hydrogens (primary N) is 1. The Morgan fingerprint density at radius 2 is 2.50 bits per heavy atom. The highest BCUT2D eigenvalue weighted by Crippen LogP contribution is 2.05. The van der Waals surface area contributed by atoms with Gasteiger partial charge in [-0.3, -0.25) is 4.99 Å². The first-order chi connectivity index (χ1) is 3.39. The van der Waals surface area contributed by atoms with Crippen LogP contribution in [0.25, 0.3) is 0 Å². The molecule has 46 valence electrons. The predicted octanol–water partition coefficient (Wildman–Crippen LogP) is 0.983. The molecule has 0 bridgehead atoms. The lowest BCUT2D eigenvalue weighted by Crippen LogP contribution is -2.07.